The first-order valence-electron chi connectivity index (χ1n) is 6.63. The first-order chi connectivity index (χ1) is 9.20. The van der Waals surface area contributed by atoms with Crippen LogP contribution in [0.4, 0.5) is 0 Å². The van der Waals surface area contributed by atoms with Gasteiger partial charge in [0, 0.05) is 49.4 Å². The lowest BCUT2D eigenvalue weighted by atomic mass is 9.72. The Labute approximate surface area is 118 Å². The highest BCUT2D eigenvalue weighted by Crippen LogP contribution is 2.34. The largest absolute Gasteiger partial charge is 0.338 e. The highest BCUT2D eigenvalue weighted by molar-refractivity contribution is 6.30. The third-order valence-electron chi connectivity index (χ3n) is 4.11. The average molecular weight is 276 g/mol. The second kappa shape index (κ2) is 4.99. The van der Waals surface area contributed by atoms with Crippen LogP contribution in [-0.4, -0.2) is 22.6 Å². The summed E-state index contributed by atoms with van der Waals surface area (Å²) in [5.74, 6) is 1.15. The van der Waals surface area contributed by atoms with Crippen molar-refractivity contribution in [2.75, 3.05) is 13.1 Å². The Bertz CT molecular complexity index is 572. The van der Waals surface area contributed by atoms with E-state index in [1.165, 1.54) is 5.56 Å². The van der Waals surface area contributed by atoms with Crippen molar-refractivity contribution in [3.63, 3.8) is 0 Å². The molecule has 0 saturated carbocycles. The van der Waals surface area contributed by atoms with Gasteiger partial charge >= 0.3 is 0 Å². The number of imidazole rings is 1. The molecule has 1 aromatic heterocycles. The third kappa shape index (κ3) is 2.40. The van der Waals surface area contributed by atoms with Gasteiger partial charge in [-0.05, 0) is 24.1 Å². The van der Waals surface area contributed by atoms with Crippen LogP contribution in [-0.2, 0) is 18.9 Å². The summed E-state index contributed by atoms with van der Waals surface area (Å²) < 4.78 is 2.10. The van der Waals surface area contributed by atoms with Gasteiger partial charge in [-0.2, -0.15) is 0 Å². The number of benzene rings is 1. The molecular formula is C15H18ClN3. The quantitative estimate of drug-likeness (QED) is 0.929. The van der Waals surface area contributed by atoms with Gasteiger partial charge in [0.15, 0.2) is 0 Å². The van der Waals surface area contributed by atoms with Crippen LogP contribution < -0.4 is 5.32 Å². The second-order valence-corrected chi connectivity index (χ2v) is 5.79. The molecule has 1 aliphatic rings. The summed E-state index contributed by atoms with van der Waals surface area (Å²) in [6, 6.07) is 8.26. The molecule has 1 fully saturated rings. The number of aromatic nitrogens is 2. The van der Waals surface area contributed by atoms with E-state index >= 15 is 0 Å². The summed E-state index contributed by atoms with van der Waals surface area (Å²) in [6.45, 7) is 2.05. The monoisotopic (exact) mass is 275 g/mol. The molecule has 0 spiro atoms. The average Bonchev–Trinajstić information content (AvgIpc) is 2.74. The van der Waals surface area contributed by atoms with E-state index in [0.29, 0.717) is 0 Å². The van der Waals surface area contributed by atoms with Crippen LogP contribution >= 0.6 is 11.6 Å². The Balaban J connectivity index is 1.78. The molecule has 4 heteroatoms. The van der Waals surface area contributed by atoms with E-state index in [9.17, 15) is 0 Å². The molecule has 1 aliphatic heterocycles. The maximum absolute atomic E-state index is 6.12. The lowest BCUT2D eigenvalue weighted by molar-refractivity contribution is 0.256. The van der Waals surface area contributed by atoms with Crippen molar-refractivity contribution in [2.24, 2.45) is 7.05 Å². The molecule has 0 radical (unpaired) electrons. The highest BCUT2D eigenvalue weighted by atomic mass is 35.5. The Morgan fingerprint density at radius 1 is 1.42 bits per heavy atom. The maximum atomic E-state index is 6.12. The molecule has 0 aliphatic carbocycles. The van der Waals surface area contributed by atoms with Crippen LogP contribution in [0, 0.1) is 0 Å². The van der Waals surface area contributed by atoms with E-state index in [-0.39, 0.29) is 5.41 Å². The van der Waals surface area contributed by atoms with Gasteiger partial charge in [0.2, 0.25) is 0 Å². The summed E-state index contributed by atoms with van der Waals surface area (Å²) in [7, 11) is 2.05. The lowest BCUT2D eigenvalue weighted by Gasteiger charge is -2.43. The van der Waals surface area contributed by atoms with Crippen LogP contribution in [0.25, 0.3) is 0 Å². The van der Waals surface area contributed by atoms with Crippen LogP contribution in [0.1, 0.15) is 17.8 Å². The molecule has 0 bridgehead atoms. The van der Waals surface area contributed by atoms with E-state index in [1.54, 1.807) is 0 Å². The number of halogens is 1. The van der Waals surface area contributed by atoms with E-state index in [1.807, 2.05) is 31.6 Å². The molecule has 0 unspecified atom stereocenters. The number of nitrogens with one attached hydrogen (secondary N) is 1. The van der Waals surface area contributed by atoms with E-state index in [2.05, 4.69) is 27.0 Å². The van der Waals surface area contributed by atoms with Crippen LogP contribution in [0.5, 0.6) is 0 Å². The number of rotatable bonds is 4. The van der Waals surface area contributed by atoms with Gasteiger partial charge in [-0.3, -0.25) is 0 Å². The third-order valence-corrected chi connectivity index (χ3v) is 4.35. The van der Waals surface area contributed by atoms with Crippen molar-refractivity contribution in [1.82, 2.24) is 14.9 Å². The summed E-state index contributed by atoms with van der Waals surface area (Å²) >= 11 is 6.12. The molecule has 1 saturated heterocycles. The van der Waals surface area contributed by atoms with Crippen LogP contribution in [0.15, 0.2) is 36.7 Å². The summed E-state index contributed by atoms with van der Waals surface area (Å²) in [4.78, 5) is 4.40. The van der Waals surface area contributed by atoms with Crippen molar-refractivity contribution < 1.29 is 0 Å². The molecule has 3 nitrogen and oxygen atoms in total. The molecule has 100 valence electrons. The lowest BCUT2D eigenvalue weighted by Crippen LogP contribution is -2.57. The Morgan fingerprint density at radius 2 is 2.26 bits per heavy atom. The van der Waals surface area contributed by atoms with Crippen molar-refractivity contribution in [3.05, 3.63) is 53.1 Å². The summed E-state index contributed by atoms with van der Waals surface area (Å²) in [5, 5.41) is 4.21. The zero-order valence-corrected chi connectivity index (χ0v) is 11.8. The SMILES string of the molecule is Cn1ccnc1CCC1(c2cccc(Cl)c2)CNC1. The fourth-order valence-electron chi connectivity index (χ4n) is 2.76. The minimum atomic E-state index is 0.219. The van der Waals surface area contributed by atoms with E-state index in [4.69, 9.17) is 11.6 Å². The van der Waals surface area contributed by atoms with Gasteiger partial charge in [0.1, 0.15) is 5.82 Å². The van der Waals surface area contributed by atoms with Gasteiger partial charge in [-0.1, -0.05) is 23.7 Å². The van der Waals surface area contributed by atoms with Crippen molar-refractivity contribution in [3.8, 4) is 0 Å². The Hall–Kier alpha value is -1.32. The first-order valence-corrected chi connectivity index (χ1v) is 7.00. The van der Waals surface area contributed by atoms with Crippen molar-refractivity contribution in [1.29, 1.82) is 0 Å². The fraction of sp³-hybridized carbons (Fsp3) is 0.400. The number of hydrogen-bond acceptors (Lipinski definition) is 2. The number of aryl methyl sites for hydroxylation is 2. The molecule has 1 aromatic carbocycles. The van der Waals surface area contributed by atoms with E-state index in [0.717, 1.165) is 36.8 Å². The minimum Gasteiger partial charge on any atom is -0.338 e. The van der Waals surface area contributed by atoms with Crippen LogP contribution in [0.2, 0.25) is 5.02 Å². The topological polar surface area (TPSA) is 29.9 Å². The molecule has 2 heterocycles. The van der Waals surface area contributed by atoms with E-state index < -0.39 is 0 Å². The molecule has 2 aromatic rings. The normalized spacial score (nSPS) is 17.2. The fourth-order valence-corrected chi connectivity index (χ4v) is 2.95. The number of nitrogens with zero attached hydrogens (tertiary/aromatic N) is 2. The molecule has 1 N–H and O–H groups in total. The zero-order valence-electron chi connectivity index (χ0n) is 11.1. The Morgan fingerprint density at radius 3 is 2.84 bits per heavy atom. The first kappa shape index (κ1) is 12.7. The van der Waals surface area contributed by atoms with Gasteiger partial charge in [0.25, 0.3) is 0 Å². The predicted octanol–water partition coefficient (Wildman–Crippen LogP) is 2.55. The van der Waals surface area contributed by atoms with Gasteiger partial charge in [0.05, 0.1) is 0 Å². The minimum absolute atomic E-state index is 0.219. The van der Waals surface area contributed by atoms with Gasteiger partial charge in [-0.15, -0.1) is 0 Å². The van der Waals surface area contributed by atoms with Crippen LogP contribution in [0.3, 0.4) is 0 Å². The standard InChI is InChI=1S/C15H18ClN3/c1-19-8-7-18-14(19)5-6-15(10-17-11-15)12-3-2-4-13(16)9-12/h2-4,7-9,17H,5-6,10-11H2,1H3. The predicted molar refractivity (Wildman–Crippen MR) is 77.5 cm³/mol. The molecule has 0 atom stereocenters. The molecule has 3 rings (SSSR count). The zero-order chi connectivity index (χ0) is 13.3. The van der Waals surface area contributed by atoms with Gasteiger partial charge < -0.3 is 9.88 Å². The molecule has 0 amide bonds. The van der Waals surface area contributed by atoms with Crippen molar-refractivity contribution in [2.45, 2.75) is 18.3 Å². The smallest absolute Gasteiger partial charge is 0.108 e. The highest BCUT2D eigenvalue weighted by Gasteiger charge is 2.38. The number of hydrogen-bond donors (Lipinski definition) is 1. The summed E-state index contributed by atoms with van der Waals surface area (Å²) in [6.07, 6.45) is 5.96. The molecule has 19 heavy (non-hydrogen) atoms. The second-order valence-electron chi connectivity index (χ2n) is 5.35. The Kier molecular flexibility index (Phi) is 3.33. The summed E-state index contributed by atoms with van der Waals surface area (Å²) in [5.41, 5.74) is 1.56. The molecular weight excluding hydrogens is 258 g/mol. The maximum Gasteiger partial charge on any atom is 0.108 e. The van der Waals surface area contributed by atoms with Crippen molar-refractivity contribution >= 4 is 11.6 Å². The van der Waals surface area contributed by atoms with Gasteiger partial charge in [-0.25, -0.2) is 4.98 Å².